The molecule has 2 rings (SSSR count). The summed E-state index contributed by atoms with van der Waals surface area (Å²) in [5.41, 5.74) is 0. The molecule has 0 aromatic carbocycles. The molecular formula is C14H22O3. The maximum absolute atomic E-state index is 12.3. The van der Waals surface area contributed by atoms with Crippen LogP contribution in [0, 0.1) is 5.92 Å². The van der Waals surface area contributed by atoms with Gasteiger partial charge in [0.25, 0.3) is 0 Å². The SMILES string of the molecule is COC(C(=O)C1=CCCCO1)C1CCCCC1. The molecule has 0 radical (unpaired) electrons. The van der Waals surface area contributed by atoms with Gasteiger partial charge in [-0.05, 0) is 37.7 Å². The standard InChI is InChI=1S/C14H22O3/c1-16-14(11-7-3-2-4-8-11)13(15)12-9-5-6-10-17-12/h9,11,14H,2-8,10H2,1H3. The number of hydrogen-bond acceptors (Lipinski definition) is 3. The summed E-state index contributed by atoms with van der Waals surface area (Å²) in [4.78, 5) is 12.3. The molecule has 1 aliphatic heterocycles. The molecule has 2 aliphatic rings. The molecule has 0 aromatic heterocycles. The van der Waals surface area contributed by atoms with E-state index >= 15 is 0 Å². The number of methoxy groups -OCH3 is 1. The minimum atomic E-state index is -0.292. The molecule has 17 heavy (non-hydrogen) atoms. The molecule has 96 valence electrons. The number of ketones is 1. The minimum absolute atomic E-state index is 0.0547. The van der Waals surface area contributed by atoms with Crippen molar-refractivity contribution in [2.24, 2.45) is 5.92 Å². The van der Waals surface area contributed by atoms with E-state index in [-0.39, 0.29) is 11.9 Å². The maximum atomic E-state index is 12.3. The molecule has 0 amide bonds. The number of rotatable bonds is 4. The molecule has 1 fully saturated rings. The number of ether oxygens (including phenoxy) is 2. The van der Waals surface area contributed by atoms with Crippen LogP contribution in [0.3, 0.4) is 0 Å². The Morgan fingerprint density at radius 3 is 2.71 bits per heavy atom. The van der Waals surface area contributed by atoms with Gasteiger partial charge in [-0.2, -0.15) is 0 Å². The molecule has 3 heteroatoms. The van der Waals surface area contributed by atoms with E-state index in [4.69, 9.17) is 9.47 Å². The first kappa shape index (κ1) is 12.6. The highest BCUT2D eigenvalue weighted by molar-refractivity contribution is 5.97. The summed E-state index contributed by atoms with van der Waals surface area (Å²) in [7, 11) is 1.64. The quantitative estimate of drug-likeness (QED) is 0.755. The van der Waals surface area contributed by atoms with E-state index in [0.717, 1.165) is 25.7 Å². The Bertz CT molecular complexity index is 290. The Morgan fingerprint density at radius 1 is 1.35 bits per heavy atom. The van der Waals surface area contributed by atoms with Crippen molar-refractivity contribution < 1.29 is 14.3 Å². The molecule has 0 aromatic rings. The van der Waals surface area contributed by atoms with E-state index < -0.39 is 0 Å². The molecule has 1 aliphatic carbocycles. The zero-order valence-electron chi connectivity index (χ0n) is 10.6. The average Bonchev–Trinajstić information content (AvgIpc) is 2.42. The normalized spacial score (nSPS) is 23.7. The van der Waals surface area contributed by atoms with Gasteiger partial charge >= 0.3 is 0 Å². The van der Waals surface area contributed by atoms with E-state index in [1.165, 1.54) is 19.3 Å². The average molecular weight is 238 g/mol. The molecule has 0 N–H and O–H groups in total. The molecule has 1 saturated carbocycles. The first-order valence-electron chi connectivity index (χ1n) is 6.73. The smallest absolute Gasteiger partial charge is 0.225 e. The molecule has 3 nitrogen and oxygen atoms in total. The molecule has 1 unspecified atom stereocenters. The fourth-order valence-corrected chi connectivity index (χ4v) is 2.82. The Labute approximate surface area is 103 Å². The summed E-state index contributed by atoms with van der Waals surface area (Å²) in [6.07, 6.45) is 9.53. The van der Waals surface area contributed by atoms with Gasteiger partial charge in [-0.1, -0.05) is 19.3 Å². The number of Topliss-reactive ketones (excluding diaryl/α,β-unsaturated/α-hetero) is 1. The van der Waals surface area contributed by atoms with Gasteiger partial charge in [-0.25, -0.2) is 0 Å². The van der Waals surface area contributed by atoms with Gasteiger partial charge in [0.15, 0.2) is 5.76 Å². The molecule has 0 spiro atoms. The van der Waals surface area contributed by atoms with Crippen molar-refractivity contribution in [3.05, 3.63) is 11.8 Å². The second-order valence-electron chi connectivity index (χ2n) is 4.98. The summed E-state index contributed by atoms with van der Waals surface area (Å²) in [5.74, 6) is 0.973. The lowest BCUT2D eigenvalue weighted by molar-refractivity contribution is -0.132. The van der Waals surface area contributed by atoms with Crippen molar-refractivity contribution in [2.75, 3.05) is 13.7 Å². The summed E-state index contributed by atoms with van der Waals surface area (Å²) in [6, 6.07) is 0. The summed E-state index contributed by atoms with van der Waals surface area (Å²) in [6.45, 7) is 0.665. The van der Waals surface area contributed by atoms with Crippen LogP contribution in [0.2, 0.25) is 0 Å². The van der Waals surface area contributed by atoms with Gasteiger partial charge in [-0.3, -0.25) is 4.79 Å². The third-order valence-corrected chi connectivity index (χ3v) is 3.77. The fraction of sp³-hybridized carbons (Fsp3) is 0.786. The monoisotopic (exact) mass is 238 g/mol. The van der Waals surface area contributed by atoms with Crippen molar-refractivity contribution in [3.8, 4) is 0 Å². The predicted octanol–water partition coefficient (Wildman–Crippen LogP) is 2.85. The van der Waals surface area contributed by atoms with E-state index in [9.17, 15) is 4.79 Å². The third kappa shape index (κ3) is 3.09. The fourth-order valence-electron chi connectivity index (χ4n) is 2.82. The maximum Gasteiger partial charge on any atom is 0.225 e. The van der Waals surface area contributed by atoms with Gasteiger partial charge in [0.2, 0.25) is 5.78 Å². The van der Waals surface area contributed by atoms with Gasteiger partial charge in [0.05, 0.1) is 6.61 Å². The van der Waals surface area contributed by atoms with Crippen LogP contribution >= 0.6 is 0 Å². The number of carbonyl (C=O) groups is 1. The van der Waals surface area contributed by atoms with Crippen LogP contribution in [0.5, 0.6) is 0 Å². The van der Waals surface area contributed by atoms with Gasteiger partial charge in [0, 0.05) is 7.11 Å². The highest BCUT2D eigenvalue weighted by Crippen LogP contribution is 2.30. The predicted molar refractivity (Wildman–Crippen MR) is 65.6 cm³/mol. The Hall–Kier alpha value is -0.830. The van der Waals surface area contributed by atoms with Gasteiger partial charge in [0.1, 0.15) is 6.10 Å². The van der Waals surface area contributed by atoms with Crippen LogP contribution in [-0.4, -0.2) is 25.6 Å². The summed E-state index contributed by atoms with van der Waals surface area (Å²) < 4.78 is 10.9. The summed E-state index contributed by atoms with van der Waals surface area (Å²) >= 11 is 0. The van der Waals surface area contributed by atoms with Crippen molar-refractivity contribution in [2.45, 2.75) is 51.0 Å². The van der Waals surface area contributed by atoms with E-state index in [2.05, 4.69) is 0 Å². The largest absolute Gasteiger partial charge is 0.490 e. The first-order chi connectivity index (χ1) is 8.33. The van der Waals surface area contributed by atoms with Crippen LogP contribution in [0.1, 0.15) is 44.9 Å². The number of carbonyl (C=O) groups excluding carboxylic acids is 1. The molecule has 1 atom stereocenters. The first-order valence-corrected chi connectivity index (χ1v) is 6.73. The molecule has 0 saturated heterocycles. The topological polar surface area (TPSA) is 35.5 Å². The highest BCUT2D eigenvalue weighted by Gasteiger charge is 2.32. The number of allylic oxidation sites excluding steroid dienone is 1. The third-order valence-electron chi connectivity index (χ3n) is 3.77. The molecular weight excluding hydrogens is 216 g/mol. The highest BCUT2D eigenvalue weighted by atomic mass is 16.5. The van der Waals surface area contributed by atoms with E-state index in [1.54, 1.807) is 7.11 Å². The van der Waals surface area contributed by atoms with Crippen LogP contribution < -0.4 is 0 Å². The van der Waals surface area contributed by atoms with Crippen LogP contribution in [-0.2, 0) is 14.3 Å². The zero-order chi connectivity index (χ0) is 12.1. The van der Waals surface area contributed by atoms with Crippen LogP contribution in [0.15, 0.2) is 11.8 Å². The van der Waals surface area contributed by atoms with Crippen LogP contribution in [0.25, 0.3) is 0 Å². The molecule has 0 bridgehead atoms. The van der Waals surface area contributed by atoms with Crippen molar-refractivity contribution in [3.63, 3.8) is 0 Å². The lowest BCUT2D eigenvalue weighted by atomic mass is 9.83. The van der Waals surface area contributed by atoms with Crippen molar-refractivity contribution >= 4 is 5.78 Å². The lowest BCUT2D eigenvalue weighted by Gasteiger charge is -2.29. The lowest BCUT2D eigenvalue weighted by Crippen LogP contribution is -2.35. The Morgan fingerprint density at radius 2 is 2.12 bits per heavy atom. The second-order valence-corrected chi connectivity index (χ2v) is 4.98. The minimum Gasteiger partial charge on any atom is -0.490 e. The van der Waals surface area contributed by atoms with E-state index in [1.807, 2.05) is 6.08 Å². The van der Waals surface area contributed by atoms with Crippen LogP contribution in [0.4, 0.5) is 0 Å². The Kier molecular flexibility index (Phi) is 4.60. The second kappa shape index (κ2) is 6.20. The van der Waals surface area contributed by atoms with Gasteiger partial charge in [-0.15, -0.1) is 0 Å². The van der Waals surface area contributed by atoms with Crippen molar-refractivity contribution in [1.82, 2.24) is 0 Å². The zero-order valence-corrected chi connectivity index (χ0v) is 10.6. The molecule has 1 heterocycles. The van der Waals surface area contributed by atoms with Crippen molar-refractivity contribution in [1.29, 1.82) is 0 Å². The van der Waals surface area contributed by atoms with E-state index in [0.29, 0.717) is 18.3 Å². The van der Waals surface area contributed by atoms with Gasteiger partial charge < -0.3 is 9.47 Å². The number of hydrogen-bond donors (Lipinski definition) is 0. The Balaban J connectivity index is 2.01. The summed E-state index contributed by atoms with van der Waals surface area (Å²) in [5, 5.41) is 0.